The molecule has 1 aliphatic rings. The van der Waals surface area contributed by atoms with Crippen LogP contribution >= 0.6 is 11.8 Å². The molecular formula is C10H9F2NO2S. The van der Waals surface area contributed by atoms with Crippen molar-refractivity contribution < 1.29 is 18.7 Å². The molecule has 0 bridgehead atoms. The number of thioether (sulfide) groups is 1. The van der Waals surface area contributed by atoms with Crippen LogP contribution in [0.15, 0.2) is 18.2 Å². The van der Waals surface area contributed by atoms with Crippen LogP contribution in [0.5, 0.6) is 0 Å². The Morgan fingerprint density at radius 1 is 1.50 bits per heavy atom. The maximum Gasteiger partial charge on any atom is 0.321 e. The molecule has 1 fully saturated rings. The SMILES string of the molecule is O=C(O)C1CSC(c2cc(F)ccc2F)N1. The van der Waals surface area contributed by atoms with Crippen LogP contribution in [-0.4, -0.2) is 22.9 Å². The Morgan fingerprint density at radius 3 is 2.88 bits per heavy atom. The van der Waals surface area contributed by atoms with Gasteiger partial charge in [0, 0.05) is 11.3 Å². The minimum atomic E-state index is -0.980. The van der Waals surface area contributed by atoms with Crippen molar-refractivity contribution >= 4 is 17.7 Å². The normalized spacial score (nSPS) is 24.6. The molecule has 0 radical (unpaired) electrons. The first-order valence-electron chi connectivity index (χ1n) is 4.63. The second-order valence-corrected chi connectivity index (χ2v) is 4.57. The van der Waals surface area contributed by atoms with E-state index in [4.69, 9.17) is 5.11 Å². The highest BCUT2D eigenvalue weighted by molar-refractivity contribution is 7.99. The first kappa shape index (κ1) is 11.3. The van der Waals surface area contributed by atoms with Gasteiger partial charge in [-0.05, 0) is 18.2 Å². The Kier molecular flexibility index (Phi) is 3.11. The summed E-state index contributed by atoms with van der Waals surface area (Å²) in [6.45, 7) is 0. The van der Waals surface area contributed by atoms with Gasteiger partial charge in [-0.1, -0.05) is 0 Å². The van der Waals surface area contributed by atoms with Gasteiger partial charge < -0.3 is 5.11 Å². The van der Waals surface area contributed by atoms with Gasteiger partial charge in [0.15, 0.2) is 0 Å². The van der Waals surface area contributed by atoms with Crippen molar-refractivity contribution in [3.05, 3.63) is 35.4 Å². The Balaban J connectivity index is 2.20. The number of carboxylic acid groups (broad SMARTS) is 1. The summed E-state index contributed by atoms with van der Waals surface area (Å²) in [5.41, 5.74) is 0.161. The summed E-state index contributed by atoms with van der Waals surface area (Å²) >= 11 is 1.26. The highest BCUT2D eigenvalue weighted by Gasteiger charge is 2.31. The highest BCUT2D eigenvalue weighted by Crippen LogP contribution is 2.34. The summed E-state index contributed by atoms with van der Waals surface area (Å²) in [4.78, 5) is 10.7. The van der Waals surface area contributed by atoms with Crippen molar-refractivity contribution in [1.29, 1.82) is 0 Å². The molecule has 0 amide bonds. The van der Waals surface area contributed by atoms with Crippen LogP contribution in [0.2, 0.25) is 0 Å². The fourth-order valence-electron chi connectivity index (χ4n) is 1.51. The molecule has 1 aromatic carbocycles. The fourth-order valence-corrected chi connectivity index (χ4v) is 2.75. The monoisotopic (exact) mass is 245 g/mol. The molecule has 1 aromatic rings. The summed E-state index contributed by atoms with van der Waals surface area (Å²) in [5.74, 6) is -1.70. The molecule has 86 valence electrons. The van der Waals surface area contributed by atoms with Crippen LogP contribution in [0, 0.1) is 11.6 Å². The lowest BCUT2D eigenvalue weighted by molar-refractivity contribution is -0.138. The number of rotatable bonds is 2. The number of halogens is 2. The van der Waals surface area contributed by atoms with E-state index in [-0.39, 0.29) is 5.56 Å². The van der Waals surface area contributed by atoms with Gasteiger partial charge in [-0.2, -0.15) is 0 Å². The summed E-state index contributed by atoms with van der Waals surface area (Å²) in [5, 5.41) is 11.0. The molecule has 0 spiro atoms. The van der Waals surface area contributed by atoms with Gasteiger partial charge in [0.05, 0.1) is 5.37 Å². The lowest BCUT2D eigenvalue weighted by atomic mass is 10.2. The molecule has 3 nitrogen and oxygen atoms in total. The van der Waals surface area contributed by atoms with E-state index in [1.54, 1.807) is 0 Å². The van der Waals surface area contributed by atoms with Crippen LogP contribution < -0.4 is 5.32 Å². The third kappa shape index (κ3) is 2.17. The average molecular weight is 245 g/mol. The minimum Gasteiger partial charge on any atom is -0.480 e. The molecule has 0 aliphatic carbocycles. The number of hydrogen-bond acceptors (Lipinski definition) is 3. The van der Waals surface area contributed by atoms with Gasteiger partial charge in [-0.15, -0.1) is 11.8 Å². The van der Waals surface area contributed by atoms with E-state index in [9.17, 15) is 13.6 Å². The Bertz CT molecular complexity index is 427. The third-order valence-corrected chi connectivity index (χ3v) is 3.57. The minimum absolute atomic E-state index is 0.161. The summed E-state index contributed by atoms with van der Waals surface area (Å²) in [7, 11) is 0. The third-order valence-electron chi connectivity index (χ3n) is 2.32. The molecule has 16 heavy (non-hydrogen) atoms. The smallest absolute Gasteiger partial charge is 0.321 e. The second kappa shape index (κ2) is 4.39. The van der Waals surface area contributed by atoms with E-state index in [1.165, 1.54) is 11.8 Å². The van der Waals surface area contributed by atoms with Crippen LogP contribution in [0.4, 0.5) is 8.78 Å². The van der Waals surface area contributed by atoms with E-state index in [2.05, 4.69) is 5.32 Å². The zero-order chi connectivity index (χ0) is 11.7. The van der Waals surface area contributed by atoms with E-state index >= 15 is 0 Å². The molecule has 1 saturated heterocycles. The van der Waals surface area contributed by atoms with Gasteiger partial charge >= 0.3 is 5.97 Å². The van der Waals surface area contributed by atoms with Gasteiger partial charge in [-0.25, -0.2) is 8.78 Å². The lowest BCUT2D eigenvalue weighted by Crippen LogP contribution is -2.33. The molecule has 2 unspecified atom stereocenters. The molecule has 1 aliphatic heterocycles. The summed E-state index contributed by atoms with van der Waals surface area (Å²) in [6.07, 6.45) is 0. The molecule has 1 heterocycles. The van der Waals surface area contributed by atoms with Crippen molar-refractivity contribution in [3.8, 4) is 0 Å². The van der Waals surface area contributed by atoms with Crippen LogP contribution in [0.3, 0.4) is 0 Å². The van der Waals surface area contributed by atoms with Gasteiger partial charge in [0.1, 0.15) is 17.7 Å². The molecule has 0 aromatic heterocycles. The first-order valence-corrected chi connectivity index (χ1v) is 5.68. The first-order chi connectivity index (χ1) is 7.58. The quantitative estimate of drug-likeness (QED) is 0.833. The highest BCUT2D eigenvalue weighted by atomic mass is 32.2. The zero-order valence-electron chi connectivity index (χ0n) is 8.11. The van der Waals surface area contributed by atoms with E-state index < -0.39 is 29.0 Å². The largest absolute Gasteiger partial charge is 0.480 e. The average Bonchev–Trinajstić information content (AvgIpc) is 2.70. The van der Waals surface area contributed by atoms with Crippen molar-refractivity contribution in [2.24, 2.45) is 0 Å². The summed E-state index contributed by atoms with van der Waals surface area (Å²) in [6, 6.07) is 2.45. The van der Waals surface area contributed by atoms with Crippen LogP contribution in [0.1, 0.15) is 10.9 Å². The topological polar surface area (TPSA) is 49.3 Å². The summed E-state index contributed by atoms with van der Waals surface area (Å²) < 4.78 is 26.3. The number of aliphatic carboxylic acids is 1. The fraction of sp³-hybridized carbons (Fsp3) is 0.300. The lowest BCUT2D eigenvalue weighted by Gasteiger charge is -2.12. The standard InChI is InChI=1S/C10H9F2NO2S/c11-5-1-2-7(12)6(3-5)9-13-8(4-16-9)10(14)15/h1-3,8-9,13H,4H2,(H,14,15). The zero-order valence-corrected chi connectivity index (χ0v) is 8.93. The molecule has 2 rings (SSSR count). The Hall–Kier alpha value is -1.14. The van der Waals surface area contributed by atoms with Crippen molar-refractivity contribution in [2.45, 2.75) is 11.4 Å². The van der Waals surface area contributed by atoms with Crippen LogP contribution in [-0.2, 0) is 4.79 Å². The molecule has 0 saturated carbocycles. The van der Waals surface area contributed by atoms with E-state index in [0.717, 1.165) is 18.2 Å². The predicted octanol–water partition coefficient (Wildman–Crippen LogP) is 1.75. The maximum absolute atomic E-state index is 13.4. The van der Waals surface area contributed by atoms with Crippen molar-refractivity contribution in [3.63, 3.8) is 0 Å². The Labute approximate surface area is 94.8 Å². The van der Waals surface area contributed by atoms with Gasteiger partial charge in [-0.3, -0.25) is 10.1 Å². The number of benzene rings is 1. The van der Waals surface area contributed by atoms with Crippen LogP contribution in [0.25, 0.3) is 0 Å². The Morgan fingerprint density at radius 2 is 2.25 bits per heavy atom. The molecular weight excluding hydrogens is 236 g/mol. The second-order valence-electron chi connectivity index (χ2n) is 3.44. The number of carbonyl (C=O) groups is 1. The predicted molar refractivity (Wildman–Crippen MR) is 56.1 cm³/mol. The van der Waals surface area contributed by atoms with Gasteiger partial charge in [0.25, 0.3) is 0 Å². The molecule has 2 N–H and O–H groups in total. The maximum atomic E-state index is 13.4. The van der Waals surface area contributed by atoms with E-state index in [0.29, 0.717) is 5.75 Å². The molecule has 2 atom stereocenters. The number of carboxylic acids is 1. The number of hydrogen-bond donors (Lipinski definition) is 2. The molecule has 6 heteroatoms. The van der Waals surface area contributed by atoms with Crippen molar-refractivity contribution in [2.75, 3.05) is 5.75 Å². The van der Waals surface area contributed by atoms with E-state index in [1.807, 2.05) is 0 Å². The number of nitrogens with one attached hydrogen (secondary N) is 1. The van der Waals surface area contributed by atoms with Crippen molar-refractivity contribution in [1.82, 2.24) is 5.32 Å². The van der Waals surface area contributed by atoms with Gasteiger partial charge in [0.2, 0.25) is 0 Å².